The Labute approximate surface area is 143 Å². The number of rotatable bonds is 4. The summed E-state index contributed by atoms with van der Waals surface area (Å²) in [4.78, 5) is 0. The third-order valence-electron chi connectivity index (χ3n) is 3.79. The Bertz CT molecular complexity index is 768. The van der Waals surface area contributed by atoms with Crippen LogP contribution in [0.4, 0.5) is 0 Å². The lowest BCUT2D eigenvalue weighted by Gasteiger charge is -2.15. The molecule has 126 valence electrons. The van der Waals surface area contributed by atoms with E-state index in [1.165, 1.54) is 11.4 Å². The molecule has 23 heavy (non-hydrogen) atoms. The van der Waals surface area contributed by atoms with Gasteiger partial charge < -0.3 is 4.57 Å². The Balaban J connectivity index is 2.39. The van der Waals surface area contributed by atoms with Gasteiger partial charge in [0, 0.05) is 28.9 Å². The number of nitrogens with zero attached hydrogens (tertiary/aromatic N) is 4. The van der Waals surface area contributed by atoms with Crippen molar-refractivity contribution in [3.05, 3.63) is 33.6 Å². The number of aryl methyl sites for hydroxylation is 1. The maximum atomic E-state index is 5.30. The van der Waals surface area contributed by atoms with Crippen LogP contribution in [-0.2, 0) is 12.0 Å². The number of hydrogen-bond donors (Lipinski definition) is 1. The lowest BCUT2D eigenvalue weighted by molar-refractivity contribution is 0.509. The van der Waals surface area contributed by atoms with Gasteiger partial charge in [0.25, 0.3) is 0 Å². The fourth-order valence-corrected chi connectivity index (χ4v) is 2.79. The zero-order chi connectivity index (χ0) is 17.4. The molecule has 0 spiro atoms. The second-order valence-electron chi connectivity index (χ2n) is 7.49. The van der Waals surface area contributed by atoms with Gasteiger partial charge in [-0.3, -0.25) is 5.10 Å². The first-order valence-corrected chi connectivity index (χ1v) is 8.41. The standard InChI is InChI=1S/C17H27N5S/c1-11(2)10-21-12(3)8-14(13(21)4)9-18-22-15(17(5,6)7)19-20-16(22)23/h8-9,11H,10H2,1-7H3,(H,20,23)/b18-9-. The molecule has 0 saturated heterocycles. The molecule has 0 aliphatic rings. The molecule has 0 aromatic carbocycles. The summed E-state index contributed by atoms with van der Waals surface area (Å²) >= 11 is 5.30. The van der Waals surface area contributed by atoms with Crippen LogP contribution in [0.1, 0.15) is 57.4 Å². The van der Waals surface area contributed by atoms with Crippen LogP contribution in [0.3, 0.4) is 0 Å². The molecule has 0 saturated carbocycles. The van der Waals surface area contributed by atoms with Crippen molar-refractivity contribution in [2.45, 2.75) is 60.4 Å². The number of nitrogens with one attached hydrogen (secondary N) is 1. The van der Waals surface area contributed by atoms with Gasteiger partial charge in [0.05, 0.1) is 6.21 Å². The zero-order valence-electron chi connectivity index (χ0n) is 15.1. The highest BCUT2D eigenvalue weighted by molar-refractivity contribution is 7.71. The van der Waals surface area contributed by atoms with Crippen LogP contribution in [0, 0.1) is 24.5 Å². The van der Waals surface area contributed by atoms with Crippen LogP contribution in [0.2, 0.25) is 0 Å². The molecule has 0 bridgehead atoms. The fourth-order valence-electron chi connectivity index (χ4n) is 2.61. The quantitative estimate of drug-likeness (QED) is 0.673. The average molecular weight is 334 g/mol. The highest BCUT2D eigenvalue weighted by atomic mass is 32.1. The average Bonchev–Trinajstić information content (AvgIpc) is 2.91. The molecule has 0 unspecified atom stereocenters. The number of H-pyrrole nitrogens is 1. The number of aromatic amines is 1. The van der Waals surface area contributed by atoms with E-state index >= 15 is 0 Å². The van der Waals surface area contributed by atoms with E-state index in [-0.39, 0.29) is 5.41 Å². The lowest BCUT2D eigenvalue weighted by Crippen LogP contribution is -2.17. The summed E-state index contributed by atoms with van der Waals surface area (Å²) in [5, 5.41) is 11.7. The predicted octanol–water partition coefficient (Wildman–Crippen LogP) is 4.19. The minimum Gasteiger partial charge on any atom is -0.348 e. The molecule has 0 amide bonds. The van der Waals surface area contributed by atoms with Crippen molar-refractivity contribution in [2.75, 3.05) is 0 Å². The summed E-state index contributed by atoms with van der Waals surface area (Å²) in [5.41, 5.74) is 3.47. The van der Waals surface area contributed by atoms with E-state index in [1.54, 1.807) is 4.68 Å². The van der Waals surface area contributed by atoms with Crippen molar-refractivity contribution in [2.24, 2.45) is 11.0 Å². The van der Waals surface area contributed by atoms with Crippen molar-refractivity contribution < 1.29 is 0 Å². The first-order valence-electron chi connectivity index (χ1n) is 8.00. The second-order valence-corrected chi connectivity index (χ2v) is 7.88. The molecule has 6 heteroatoms. The normalized spacial score (nSPS) is 12.7. The fraction of sp³-hybridized carbons (Fsp3) is 0.588. The molecule has 0 atom stereocenters. The predicted molar refractivity (Wildman–Crippen MR) is 97.8 cm³/mol. The Hall–Kier alpha value is -1.69. The number of hydrogen-bond acceptors (Lipinski definition) is 3. The van der Waals surface area contributed by atoms with E-state index in [0.717, 1.165) is 17.9 Å². The number of aromatic nitrogens is 4. The highest BCUT2D eigenvalue weighted by Crippen LogP contribution is 2.20. The Morgan fingerprint density at radius 3 is 2.57 bits per heavy atom. The third-order valence-corrected chi connectivity index (χ3v) is 4.06. The summed E-state index contributed by atoms with van der Waals surface area (Å²) in [7, 11) is 0. The van der Waals surface area contributed by atoms with Crippen molar-refractivity contribution in [3.63, 3.8) is 0 Å². The van der Waals surface area contributed by atoms with Crippen LogP contribution >= 0.6 is 12.2 Å². The maximum Gasteiger partial charge on any atom is 0.216 e. The van der Waals surface area contributed by atoms with Gasteiger partial charge in [0.1, 0.15) is 0 Å². The molecule has 2 heterocycles. The molecule has 0 radical (unpaired) electrons. The van der Waals surface area contributed by atoms with Crippen molar-refractivity contribution in [3.8, 4) is 0 Å². The van der Waals surface area contributed by atoms with Crippen molar-refractivity contribution >= 4 is 18.4 Å². The van der Waals surface area contributed by atoms with Gasteiger partial charge in [-0.2, -0.15) is 14.9 Å². The Morgan fingerprint density at radius 2 is 2.00 bits per heavy atom. The van der Waals surface area contributed by atoms with Crippen LogP contribution in [-0.4, -0.2) is 25.7 Å². The minimum absolute atomic E-state index is 0.126. The van der Waals surface area contributed by atoms with Crippen LogP contribution in [0.5, 0.6) is 0 Å². The van der Waals surface area contributed by atoms with E-state index < -0.39 is 0 Å². The summed E-state index contributed by atoms with van der Waals surface area (Å²) in [6.07, 6.45) is 1.87. The smallest absolute Gasteiger partial charge is 0.216 e. The van der Waals surface area contributed by atoms with E-state index in [2.05, 4.69) is 74.4 Å². The van der Waals surface area contributed by atoms with Gasteiger partial charge >= 0.3 is 0 Å². The summed E-state index contributed by atoms with van der Waals surface area (Å²) in [5.74, 6) is 1.44. The molecule has 5 nitrogen and oxygen atoms in total. The molecule has 2 rings (SSSR count). The van der Waals surface area contributed by atoms with Gasteiger partial charge in [0.2, 0.25) is 4.77 Å². The topological polar surface area (TPSA) is 50.9 Å². The molecular weight excluding hydrogens is 306 g/mol. The van der Waals surface area contributed by atoms with Crippen LogP contribution in [0.25, 0.3) is 0 Å². The maximum absolute atomic E-state index is 5.30. The summed E-state index contributed by atoms with van der Waals surface area (Å²) in [6.45, 7) is 16.0. The molecule has 1 N–H and O–H groups in total. The molecule has 2 aromatic rings. The minimum atomic E-state index is -0.126. The SMILES string of the molecule is Cc1cc(/C=N\n2c(C(C)(C)C)n[nH]c2=S)c(C)n1CC(C)C. The molecule has 0 aliphatic carbocycles. The monoisotopic (exact) mass is 333 g/mol. The molecule has 2 aromatic heterocycles. The third kappa shape index (κ3) is 3.80. The van der Waals surface area contributed by atoms with E-state index in [9.17, 15) is 0 Å². The van der Waals surface area contributed by atoms with Crippen molar-refractivity contribution in [1.82, 2.24) is 19.4 Å². The molecule has 0 fully saturated rings. The van der Waals surface area contributed by atoms with Gasteiger partial charge in [-0.1, -0.05) is 34.6 Å². The second kappa shape index (κ2) is 6.43. The van der Waals surface area contributed by atoms with Crippen LogP contribution < -0.4 is 0 Å². The van der Waals surface area contributed by atoms with E-state index in [1.807, 2.05) is 6.21 Å². The Kier molecular flexibility index (Phi) is 4.94. The first kappa shape index (κ1) is 17.7. The van der Waals surface area contributed by atoms with Gasteiger partial charge in [-0.25, -0.2) is 0 Å². The molecular formula is C17H27N5S. The summed E-state index contributed by atoms with van der Waals surface area (Å²) in [6, 6.07) is 2.17. The Morgan fingerprint density at radius 1 is 1.35 bits per heavy atom. The van der Waals surface area contributed by atoms with Crippen LogP contribution in [0.15, 0.2) is 11.2 Å². The van der Waals surface area contributed by atoms with E-state index in [0.29, 0.717) is 10.7 Å². The van der Waals surface area contributed by atoms with E-state index in [4.69, 9.17) is 12.2 Å². The first-order chi connectivity index (χ1) is 10.6. The van der Waals surface area contributed by atoms with Crippen molar-refractivity contribution in [1.29, 1.82) is 0 Å². The largest absolute Gasteiger partial charge is 0.348 e. The van der Waals surface area contributed by atoms with Gasteiger partial charge in [-0.05, 0) is 38.0 Å². The zero-order valence-corrected chi connectivity index (χ0v) is 16.0. The highest BCUT2D eigenvalue weighted by Gasteiger charge is 2.21. The van der Waals surface area contributed by atoms with Gasteiger partial charge in [0.15, 0.2) is 5.82 Å². The van der Waals surface area contributed by atoms with Gasteiger partial charge in [-0.15, -0.1) is 0 Å². The summed E-state index contributed by atoms with van der Waals surface area (Å²) < 4.78 is 4.57. The molecule has 0 aliphatic heterocycles. The lowest BCUT2D eigenvalue weighted by atomic mass is 9.96.